The first-order valence-corrected chi connectivity index (χ1v) is 5.77. The Morgan fingerprint density at radius 1 is 1.40 bits per heavy atom. The summed E-state index contributed by atoms with van der Waals surface area (Å²) in [5.41, 5.74) is 2.72. The average molecular weight is 222 g/mol. The zero-order valence-electron chi connectivity index (χ0n) is 8.90. The van der Waals surface area contributed by atoms with E-state index in [9.17, 15) is 0 Å². The quantitative estimate of drug-likeness (QED) is 0.852. The van der Waals surface area contributed by atoms with Gasteiger partial charge in [-0.2, -0.15) is 11.3 Å². The molecular formula is C10H14N4S. The number of nitrogens with one attached hydrogen (secondary N) is 1. The first kappa shape index (κ1) is 10.3. The van der Waals surface area contributed by atoms with E-state index in [1.54, 1.807) is 17.7 Å². The van der Waals surface area contributed by atoms with Crippen LogP contribution in [0.4, 0.5) is 0 Å². The van der Waals surface area contributed by atoms with Crippen LogP contribution in [0.1, 0.15) is 17.0 Å². The molecule has 0 spiro atoms. The first-order valence-electron chi connectivity index (χ1n) is 4.82. The summed E-state index contributed by atoms with van der Waals surface area (Å²) in [6, 6.07) is 0. The number of hydrogen-bond donors (Lipinski definition) is 1. The van der Waals surface area contributed by atoms with E-state index in [2.05, 4.69) is 33.2 Å². The van der Waals surface area contributed by atoms with E-state index in [4.69, 9.17) is 0 Å². The van der Waals surface area contributed by atoms with Crippen molar-refractivity contribution in [2.24, 2.45) is 7.05 Å². The molecule has 0 atom stereocenters. The summed E-state index contributed by atoms with van der Waals surface area (Å²) >= 11 is 1.74. The lowest BCUT2D eigenvalue weighted by atomic mass is 10.2. The molecule has 0 fully saturated rings. The zero-order valence-corrected chi connectivity index (χ0v) is 9.71. The molecule has 2 heterocycles. The van der Waals surface area contributed by atoms with Crippen molar-refractivity contribution in [2.75, 3.05) is 0 Å². The third-order valence-corrected chi connectivity index (χ3v) is 3.28. The van der Waals surface area contributed by atoms with Crippen LogP contribution < -0.4 is 5.32 Å². The predicted octanol–water partition coefficient (Wildman–Crippen LogP) is 1.47. The number of aryl methyl sites for hydroxylation is 2. The Balaban J connectivity index is 1.86. The molecule has 0 saturated heterocycles. The Morgan fingerprint density at radius 3 is 2.87 bits per heavy atom. The van der Waals surface area contributed by atoms with Gasteiger partial charge in [-0.15, -0.1) is 10.2 Å². The van der Waals surface area contributed by atoms with Gasteiger partial charge >= 0.3 is 0 Å². The van der Waals surface area contributed by atoms with E-state index < -0.39 is 0 Å². The summed E-state index contributed by atoms with van der Waals surface area (Å²) in [5.74, 6) is 0.961. The van der Waals surface area contributed by atoms with Gasteiger partial charge in [0.05, 0.1) is 6.54 Å². The second kappa shape index (κ2) is 4.55. The number of rotatable bonds is 4. The fourth-order valence-corrected chi connectivity index (χ4v) is 2.20. The van der Waals surface area contributed by atoms with Crippen LogP contribution in [-0.4, -0.2) is 14.8 Å². The SMILES string of the molecule is Cc1cscc1CNCc1nncn1C. The minimum absolute atomic E-state index is 0.756. The number of nitrogens with zero attached hydrogens (tertiary/aromatic N) is 3. The van der Waals surface area contributed by atoms with Crippen molar-refractivity contribution < 1.29 is 0 Å². The van der Waals surface area contributed by atoms with Gasteiger partial charge in [-0.3, -0.25) is 0 Å². The van der Waals surface area contributed by atoms with Crippen LogP contribution in [0.15, 0.2) is 17.1 Å². The van der Waals surface area contributed by atoms with Gasteiger partial charge in [-0.05, 0) is 28.8 Å². The van der Waals surface area contributed by atoms with Crippen molar-refractivity contribution in [1.29, 1.82) is 0 Å². The molecule has 0 aliphatic rings. The first-order chi connectivity index (χ1) is 7.27. The Morgan fingerprint density at radius 2 is 2.27 bits per heavy atom. The van der Waals surface area contributed by atoms with Crippen LogP contribution in [0.25, 0.3) is 0 Å². The fraction of sp³-hybridized carbons (Fsp3) is 0.400. The Hall–Kier alpha value is -1.20. The molecule has 0 amide bonds. The van der Waals surface area contributed by atoms with Crippen LogP contribution in [0, 0.1) is 6.92 Å². The molecule has 0 radical (unpaired) electrons. The summed E-state index contributed by atoms with van der Waals surface area (Å²) in [6.45, 7) is 3.78. The molecule has 0 saturated carbocycles. The van der Waals surface area contributed by atoms with Gasteiger partial charge in [0.2, 0.25) is 0 Å². The van der Waals surface area contributed by atoms with E-state index >= 15 is 0 Å². The maximum atomic E-state index is 4.01. The molecule has 80 valence electrons. The normalized spacial score (nSPS) is 10.8. The van der Waals surface area contributed by atoms with Gasteiger partial charge in [-0.25, -0.2) is 0 Å². The molecule has 4 nitrogen and oxygen atoms in total. The molecule has 0 bridgehead atoms. The van der Waals surface area contributed by atoms with Gasteiger partial charge in [0.25, 0.3) is 0 Å². The maximum Gasteiger partial charge on any atom is 0.146 e. The maximum absolute atomic E-state index is 4.01. The number of aromatic nitrogens is 3. The van der Waals surface area contributed by atoms with E-state index in [0.29, 0.717) is 0 Å². The summed E-state index contributed by atoms with van der Waals surface area (Å²) in [6.07, 6.45) is 1.72. The minimum atomic E-state index is 0.756. The molecule has 2 aromatic heterocycles. The van der Waals surface area contributed by atoms with Crippen molar-refractivity contribution in [3.8, 4) is 0 Å². The highest BCUT2D eigenvalue weighted by atomic mass is 32.1. The largest absolute Gasteiger partial charge is 0.320 e. The van der Waals surface area contributed by atoms with Gasteiger partial charge in [0.1, 0.15) is 12.2 Å². The van der Waals surface area contributed by atoms with Crippen LogP contribution in [0.5, 0.6) is 0 Å². The highest BCUT2D eigenvalue weighted by Gasteiger charge is 2.01. The Bertz CT molecular complexity index is 392. The van der Waals surface area contributed by atoms with E-state index in [1.165, 1.54) is 11.1 Å². The second-order valence-electron chi connectivity index (χ2n) is 3.54. The van der Waals surface area contributed by atoms with Gasteiger partial charge in [0, 0.05) is 13.6 Å². The second-order valence-corrected chi connectivity index (χ2v) is 4.29. The lowest BCUT2D eigenvalue weighted by Crippen LogP contribution is -2.15. The molecule has 1 N–H and O–H groups in total. The van der Waals surface area contributed by atoms with Gasteiger partial charge in [-0.1, -0.05) is 0 Å². The summed E-state index contributed by atoms with van der Waals surface area (Å²) < 4.78 is 1.92. The van der Waals surface area contributed by atoms with Gasteiger partial charge in [0.15, 0.2) is 0 Å². The number of thiophene rings is 1. The smallest absolute Gasteiger partial charge is 0.146 e. The zero-order chi connectivity index (χ0) is 10.7. The molecule has 0 aliphatic heterocycles. The lowest BCUT2D eigenvalue weighted by Gasteiger charge is -2.03. The van der Waals surface area contributed by atoms with Gasteiger partial charge < -0.3 is 9.88 Å². The summed E-state index contributed by atoms with van der Waals surface area (Å²) in [7, 11) is 1.95. The molecular weight excluding hydrogens is 208 g/mol. The summed E-state index contributed by atoms with van der Waals surface area (Å²) in [4.78, 5) is 0. The highest BCUT2D eigenvalue weighted by molar-refractivity contribution is 7.08. The number of hydrogen-bond acceptors (Lipinski definition) is 4. The van der Waals surface area contributed by atoms with Crippen LogP contribution in [0.3, 0.4) is 0 Å². The van der Waals surface area contributed by atoms with E-state index in [-0.39, 0.29) is 0 Å². The van der Waals surface area contributed by atoms with Crippen molar-refractivity contribution in [3.05, 3.63) is 34.0 Å². The predicted molar refractivity (Wildman–Crippen MR) is 60.6 cm³/mol. The molecule has 5 heteroatoms. The topological polar surface area (TPSA) is 42.7 Å². The molecule has 2 aromatic rings. The Kier molecular flexibility index (Phi) is 3.13. The van der Waals surface area contributed by atoms with E-state index in [0.717, 1.165) is 18.9 Å². The molecule has 2 rings (SSSR count). The molecule has 0 unspecified atom stereocenters. The summed E-state index contributed by atoms with van der Waals surface area (Å²) in [5, 5.41) is 15.5. The van der Waals surface area contributed by atoms with Crippen molar-refractivity contribution in [2.45, 2.75) is 20.0 Å². The lowest BCUT2D eigenvalue weighted by molar-refractivity contribution is 0.637. The third kappa shape index (κ3) is 2.43. The van der Waals surface area contributed by atoms with Crippen molar-refractivity contribution in [3.63, 3.8) is 0 Å². The van der Waals surface area contributed by atoms with Crippen LogP contribution in [0.2, 0.25) is 0 Å². The van der Waals surface area contributed by atoms with Crippen LogP contribution >= 0.6 is 11.3 Å². The van der Waals surface area contributed by atoms with E-state index in [1.807, 2.05) is 11.6 Å². The fourth-order valence-electron chi connectivity index (χ4n) is 1.34. The Labute approximate surface area is 93.0 Å². The van der Waals surface area contributed by atoms with Crippen molar-refractivity contribution in [1.82, 2.24) is 20.1 Å². The monoisotopic (exact) mass is 222 g/mol. The highest BCUT2D eigenvalue weighted by Crippen LogP contribution is 2.12. The molecule has 15 heavy (non-hydrogen) atoms. The van der Waals surface area contributed by atoms with Crippen LogP contribution in [-0.2, 0) is 20.1 Å². The standard InChI is InChI=1S/C10H14N4S/c1-8-5-15-6-9(8)3-11-4-10-13-12-7-14(10)2/h5-7,11H,3-4H2,1-2H3. The minimum Gasteiger partial charge on any atom is -0.320 e. The van der Waals surface area contributed by atoms with Crippen molar-refractivity contribution >= 4 is 11.3 Å². The average Bonchev–Trinajstić information content (AvgIpc) is 2.78. The third-order valence-electron chi connectivity index (χ3n) is 2.37. The molecule has 0 aromatic carbocycles. The molecule has 0 aliphatic carbocycles.